The quantitative estimate of drug-likeness (QED) is 0.758. The lowest BCUT2D eigenvalue weighted by atomic mass is 10.1. The van der Waals surface area contributed by atoms with Crippen molar-refractivity contribution in [3.8, 4) is 0 Å². The minimum absolute atomic E-state index is 0.0646. The molecule has 0 aliphatic heterocycles. The standard InChI is InChI=1S/C12H12O2.C6H9NO2/c1-10(12(13)14)6-5-9-11-7-3-2-4-8-11;1-3-6(9)7-4-5(2)8/h2-5,7-9H,1,6H2,(H,13,14);3H,1,4H2,2H3,(H,7,9). The van der Waals surface area contributed by atoms with E-state index in [-0.39, 0.29) is 23.8 Å². The Balaban J connectivity index is 0.000000468. The third-order valence-electron chi connectivity index (χ3n) is 2.47. The van der Waals surface area contributed by atoms with E-state index in [1.54, 1.807) is 6.08 Å². The van der Waals surface area contributed by atoms with Gasteiger partial charge in [-0.25, -0.2) is 4.79 Å². The van der Waals surface area contributed by atoms with Crippen molar-refractivity contribution in [1.82, 2.24) is 5.32 Å². The van der Waals surface area contributed by atoms with Crippen molar-refractivity contribution in [1.29, 1.82) is 0 Å². The zero-order chi connectivity index (χ0) is 17.7. The molecule has 0 saturated carbocycles. The van der Waals surface area contributed by atoms with Crippen LogP contribution in [0, 0.1) is 0 Å². The summed E-state index contributed by atoms with van der Waals surface area (Å²) in [6.07, 6.45) is 5.19. The maximum Gasteiger partial charge on any atom is 0.331 e. The van der Waals surface area contributed by atoms with Gasteiger partial charge < -0.3 is 10.4 Å². The number of hydrogen-bond donors (Lipinski definition) is 2. The normalized spacial score (nSPS) is 9.43. The van der Waals surface area contributed by atoms with Crippen molar-refractivity contribution in [3.05, 3.63) is 66.8 Å². The predicted molar refractivity (Wildman–Crippen MR) is 90.8 cm³/mol. The van der Waals surface area contributed by atoms with Crippen molar-refractivity contribution < 1.29 is 19.5 Å². The number of aliphatic carboxylic acids is 1. The van der Waals surface area contributed by atoms with Gasteiger partial charge in [-0.05, 0) is 25.0 Å². The van der Waals surface area contributed by atoms with Gasteiger partial charge in [-0.3, -0.25) is 9.59 Å². The Bertz CT molecular complexity index is 588. The summed E-state index contributed by atoms with van der Waals surface area (Å²) in [4.78, 5) is 31.0. The van der Waals surface area contributed by atoms with Crippen molar-refractivity contribution >= 4 is 23.7 Å². The fourth-order valence-corrected chi connectivity index (χ4v) is 1.27. The van der Waals surface area contributed by atoms with Crippen LogP contribution in [0.5, 0.6) is 0 Å². The molecular weight excluding hydrogens is 294 g/mol. The first-order chi connectivity index (χ1) is 10.9. The number of nitrogens with one attached hydrogen (secondary N) is 1. The zero-order valence-electron chi connectivity index (χ0n) is 13.1. The highest BCUT2D eigenvalue weighted by Crippen LogP contribution is 2.05. The van der Waals surface area contributed by atoms with E-state index in [2.05, 4.69) is 18.5 Å². The summed E-state index contributed by atoms with van der Waals surface area (Å²) in [6, 6.07) is 9.73. The van der Waals surface area contributed by atoms with Crippen LogP contribution in [-0.4, -0.2) is 29.3 Å². The molecule has 0 atom stereocenters. The highest BCUT2D eigenvalue weighted by atomic mass is 16.4. The number of Topliss-reactive ketones (excluding diaryl/α,β-unsaturated/α-hetero) is 1. The lowest BCUT2D eigenvalue weighted by Crippen LogP contribution is -2.26. The van der Waals surface area contributed by atoms with E-state index in [4.69, 9.17) is 5.11 Å². The number of hydrogen-bond acceptors (Lipinski definition) is 3. The monoisotopic (exact) mass is 315 g/mol. The molecule has 0 fully saturated rings. The Hall–Kier alpha value is -2.95. The molecule has 23 heavy (non-hydrogen) atoms. The van der Waals surface area contributed by atoms with E-state index in [1.807, 2.05) is 36.4 Å². The molecule has 0 spiro atoms. The van der Waals surface area contributed by atoms with Crippen LogP contribution in [0.15, 0.2) is 61.2 Å². The van der Waals surface area contributed by atoms with Gasteiger partial charge >= 0.3 is 5.97 Å². The van der Waals surface area contributed by atoms with Crippen LogP contribution in [0.3, 0.4) is 0 Å². The van der Waals surface area contributed by atoms with Gasteiger partial charge in [0.15, 0.2) is 0 Å². The Kier molecular flexibility index (Phi) is 10.2. The number of carbonyl (C=O) groups is 3. The van der Waals surface area contributed by atoms with E-state index in [0.29, 0.717) is 6.42 Å². The van der Waals surface area contributed by atoms with Crippen molar-refractivity contribution in [2.45, 2.75) is 13.3 Å². The first-order valence-electron chi connectivity index (χ1n) is 6.89. The second-order valence-electron chi connectivity index (χ2n) is 4.55. The lowest BCUT2D eigenvalue weighted by Gasteiger charge is -1.94. The molecule has 1 aromatic carbocycles. The van der Waals surface area contributed by atoms with Gasteiger partial charge in [-0.1, -0.05) is 55.6 Å². The molecule has 122 valence electrons. The number of rotatable bonds is 7. The number of carbonyl (C=O) groups excluding carboxylic acids is 2. The highest BCUT2D eigenvalue weighted by molar-refractivity contribution is 5.90. The highest BCUT2D eigenvalue weighted by Gasteiger charge is 1.99. The molecule has 1 rings (SSSR count). The zero-order valence-corrected chi connectivity index (χ0v) is 13.1. The maximum absolute atomic E-state index is 10.4. The van der Waals surface area contributed by atoms with E-state index >= 15 is 0 Å². The molecule has 0 unspecified atom stereocenters. The van der Waals surface area contributed by atoms with Crippen LogP contribution < -0.4 is 5.32 Å². The largest absolute Gasteiger partial charge is 0.478 e. The molecule has 0 aliphatic carbocycles. The van der Waals surface area contributed by atoms with Crippen molar-refractivity contribution in [3.63, 3.8) is 0 Å². The van der Waals surface area contributed by atoms with Crippen LogP contribution in [0.1, 0.15) is 18.9 Å². The molecule has 0 aromatic heterocycles. The summed E-state index contributed by atoms with van der Waals surface area (Å²) in [7, 11) is 0. The molecule has 2 N–H and O–H groups in total. The molecule has 5 nitrogen and oxygen atoms in total. The fraction of sp³-hybridized carbons (Fsp3) is 0.167. The summed E-state index contributed by atoms with van der Waals surface area (Å²) in [5.41, 5.74) is 1.27. The Labute approximate surface area is 136 Å². The number of amides is 1. The Morgan fingerprint density at radius 2 is 1.83 bits per heavy atom. The summed E-state index contributed by atoms with van der Waals surface area (Å²) in [5.74, 6) is -1.32. The summed E-state index contributed by atoms with van der Waals surface area (Å²) in [5, 5.41) is 10.9. The Morgan fingerprint density at radius 3 is 2.30 bits per heavy atom. The minimum atomic E-state index is -0.942. The van der Waals surface area contributed by atoms with Crippen molar-refractivity contribution in [2.24, 2.45) is 0 Å². The second-order valence-corrected chi connectivity index (χ2v) is 4.55. The van der Waals surface area contributed by atoms with Gasteiger partial charge in [0, 0.05) is 5.57 Å². The molecule has 5 heteroatoms. The van der Waals surface area contributed by atoms with Gasteiger partial charge in [0.05, 0.1) is 6.54 Å². The van der Waals surface area contributed by atoms with E-state index < -0.39 is 5.97 Å². The topological polar surface area (TPSA) is 83.5 Å². The molecular formula is C18H21NO4. The third kappa shape index (κ3) is 11.4. The fourth-order valence-electron chi connectivity index (χ4n) is 1.27. The summed E-state index contributed by atoms with van der Waals surface area (Å²) >= 11 is 0. The SMILES string of the molecule is C=C(CC=Cc1ccccc1)C(=O)O.C=CC(=O)NCC(C)=O. The smallest absolute Gasteiger partial charge is 0.331 e. The summed E-state index contributed by atoms with van der Waals surface area (Å²) in [6.45, 7) is 8.14. The average Bonchev–Trinajstić information content (AvgIpc) is 2.54. The Morgan fingerprint density at radius 1 is 1.22 bits per heavy atom. The number of ketones is 1. The van der Waals surface area contributed by atoms with Crippen LogP contribution in [0.2, 0.25) is 0 Å². The van der Waals surface area contributed by atoms with Gasteiger partial charge in [0.2, 0.25) is 5.91 Å². The number of carboxylic acid groups (broad SMARTS) is 1. The van der Waals surface area contributed by atoms with Gasteiger partial charge in [-0.15, -0.1) is 0 Å². The molecule has 1 amide bonds. The third-order valence-corrected chi connectivity index (χ3v) is 2.47. The maximum atomic E-state index is 10.4. The minimum Gasteiger partial charge on any atom is -0.478 e. The second kappa shape index (κ2) is 11.7. The number of allylic oxidation sites excluding steroid dienone is 1. The van der Waals surface area contributed by atoms with E-state index in [1.165, 1.54) is 6.92 Å². The van der Waals surface area contributed by atoms with Gasteiger partial charge in [-0.2, -0.15) is 0 Å². The predicted octanol–water partition coefficient (Wildman–Crippen LogP) is 2.61. The van der Waals surface area contributed by atoms with E-state index in [9.17, 15) is 14.4 Å². The van der Waals surface area contributed by atoms with Gasteiger partial charge in [0.1, 0.15) is 5.78 Å². The van der Waals surface area contributed by atoms with Gasteiger partial charge in [0.25, 0.3) is 0 Å². The first-order valence-corrected chi connectivity index (χ1v) is 6.89. The first kappa shape index (κ1) is 20.1. The van der Waals surface area contributed by atoms with Crippen LogP contribution in [-0.2, 0) is 14.4 Å². The molecule has 0 aliphatic rings. The van der Waals surface area contributed by atoms with Crippen LogP contribution in [0.25, 0.3) is 6.08 Å². The van der Waals surface area contributed by atoms with Crippen LogP contribution >= 0.6 is 0 Å². The molecule has 0 radical (unpaired) electrons. The molecule has 1 aromatic rings. The van der Waals surface area contributed by atoms with Crippen molar-refractivity contribution in [2.75, 3.05) is 6.54 Å². The van der Waals surface area contributed by atoms with Crippen LogP contribution in [0.4, 0.5) is 0 Å². The number of carboxylic acids is 1. The lowest BCUT2D eigenvalue weighted by molar-refractivity contribution is -0.132. The summed E-state index contributed by atoms with van der Waals surface area (Å²) < 4.78 is 0. The molecule has 0 saturated heterocycles. The number of benzene rings is 1. The molecule has 0 bridgehead atoms. The molecule has 0 heterocycles. The average molecular weight is 315 g/mol. The van der Waals surface area contributed by atoms with E-state index in [0.717, 1.165) is 11.6 Å².